The van der Waals surface area contributed by atoms with Crippen molar-refractivity contribution < 1.29 is 4.42 Å². The van der Waals surface area contributed by atoms with Gasteiger partial charge in [0.1, 0.15) is 11.5 Å². The molecule has 2 N–H and O–H groups in total. The molecule has 0 spiro atoms. The first kappa shape index (κ1) is 15.8. The maximum Gasteiger partial charge on any atom is 0.251 e. The lowest BCUT2D eigenvalue weighted by atomic mass is 9.89. The van der Waals surface area contributed by atoms with Gasteiger partial charge in [-0.25, -0.2) is 0 Å². The zero-order valence-corrected chi connectivity index (χ0v) is 14.0. The smallest absolute Gasteiger partial charge is 0.251 e. The maximum atomic E-state index is 12.0. The van der Waals surface area contributed by atoms with E-state index in [1.165, 1.54) is 0 Å². The first-order valence-electron chi connectivity index (χ1n) is 8.73. The van der Waals surface area contributed by atoms with Gasteiger partial charge in [-0.05, 0) is 55.0 Å². The Morgan fingerprint density at radius 1 is 1.12 bits per heavy atom. The molecular weight excluding hydrogens is 314 g/mol. The number of aromatic amines is 1. The fourth-order valence-corrected chi connectivity index (χ4v) is 3.44. The SMILES string of the molecule is O=c1[nH]cc(-c2ccc(CNCc3cccnc3)o2)c2c1CCCC2. The van der Waals surface area contributed by atoms with Crippen molar-refractivity contribution in [2.45, 2.75) is 38.8 Å². The number of pyridine rings is 2. The minimum absolute atomic E-state index is 0.0448. The Bertz CT molecular complexity index is 912. The van der Waals surface area contributed by atoms with Gasteiger partial charge < -0.3 is 14.7 Å². The van der Waals surface area contributed by atoms with Crippen LogP contribution in [0.25, 0.3) is 11.3 Å². The van der Waals surface area contributed by atoms with Crippen molar-refractivity contribution >= 4 is 0 Å². The summed E-state index contributed by atoms with van der Waals surface area (Å²) in [7, 11) is 0. The number of fused-ring (bicyclic) bond motifs is 1. The number of aromatic nitrogens is 2. The minimum atomic E-state index is 0.0448. The molecule has 1 aliphatic carbocycles. The van der Waals surface area contributed by atoms with Crippen LogP contribution in [0.2, 0.25) is 0 Å². The summed E-state index contributed by atoms with van der Waals surface area (Å²) in [5, 5.41) is 3.36. The summed E-state index contributed by atoms with van der Waals surface area (Å²) >= 11 is 0. The van der Waals surface area contributed by atoms with Gasteiger partial charge in [-0.3, -0.25) is 9.78 Å². The van der Waals surface area contributed by atoms with Crippen molar-refractivity contribution in [1.29, 1.82) is 0 Å². The Balaban J connectivity index is 1.49. The fourth-order valence-electron chi connectivity index (χ4n) is 3.44. The van der Waals surface area contributed by atoms with Gasteiger partial charge >= 0.3 is 0 Å². The number of rotatable bonds is 5. The number of furan rings is 1. The van der Waals surface area contributed by atoms with E-state index in [-0.39, 0.29) is 5.56 Å². The maximum absolute atomic E-state index is 12.0. The Labute approximate surface area is 146 Å². The molecule has 0 aromatic carbocycles. The minimum Gasteiger partial charge on any atom is -0.460 e. The van der Waals surface area contributed by atoms with Crippen LogP contribution in [0.1, 0.15) is 35.3 Å². The average Bonchev–Trinajstić information content (AvgIpc) is 3.12. The van der Waals surface area contributed by atoms with Crippen LogP contribution in [0, 0.1) is 0 Å². The van der Waals surface area contributed by atoms with Gasteiger partial charge in [0.05, 0.1) is 6.54 Å². The van der Waals surface area contributed by atoms with Crippen LogP contribution in [-0.4, -0.2) is 9.97 Å². The van der Waals surface area contributed by atoms with E-state index in [1.54, 1.807) is 12.4 Å². The molecule has 1 aliphatic rings. The Morgan fingerprint density at radius 2 is 2.00 bits per heavy atom. The van der Waals surface area contributed by atoms with Crippen LogP contribution in [0.4, 0.5) is 0 Å². The third-order valence-electron chi connectivity index (χ3n) is 4.69. The lowest BCUT2D eigenvalue weighted by Crippen LogP contribution is -2.19. The molecule has 128 valence electrons. The molecule has 0 unspecified atom stereocenters. The van der Waals surface area contributed by atoms with E-state index in [0.29, 0.717) is 6.54 Å². The van der Waals surface area contributed by atoms with E-state index in [9.17, 15) is 4.79 Å². The number of nitrogens with zero attached hydrogens (tertiary/aromatic N) is 1. The molecule has 0 aliphatic heterocycles. The largest absolute Gasteiger partial charge is 0.460 e. The first-order chi connectivity index (χ1) is 12.3. The monoisotopic (exact) mass is 335 g/mol. The Hall–Kier alpha value is -2.66. The highest BCUT2D eigenvalue weighted by atomic mass is 16.3. The normalized spacial score (nSPS) is 13.6. The predicted molar refractivity (Wildman–Crippen MR) is 96.2 cm³/mol. The van der Waals surface area contributed by atoms with Crippen molar-refractivity contribution in [2.75, 3.05) is 0 Å². The van der Waals surface area contributed by atoms with E-state index >= 15 is 0 Å². The van der Waals surface area contributed by atoms with Crippen molar-refractivity contribution in [2.24, 2.45) is 0 Å². The van der Waals surface area contributed by atoms with E-state index in [1.807, 2.05) is 30.5 Å². The van der Waals surface area contributed by atoms with E-state index in [4.69, 9.17) is 4.42 Å². The summed E-state index contributed by atoms with van der Waals surface area (Å²) in [6, 6.07) is 7.96. The van der Waals surface area contributed by atoms with Crippen LogP contribution in [0.15, 0.2) is 52.1 Å². The number of H-pyrrole nitrogens is 1. The van der Waals surface area contributed by atoms with Crippen LogP contribution >= 0.6 is 0 Å². The lowest BCUT2D eigenvalue weighted by molar-refractivity contribution is 0.492. The van der Waals surface area contributed by atoms with Gasteiger partial charge in [-0.2, -0.15) is 0 Å². The molecule has 0 bridgehead atoms. The van der Waals surface area contributed by atoms with Gasteiger partial charge in [0, 0.05) is 36.3 Å². The van der Waals surface area contributed by atoms with Gasteiger partial charge in [0.2, 0.25) is 0 Å². The van der Waals surface area contributed by atoms with Crippen molar-refractivity contribution in [3.8, 4) is 11.3 Å². The summed E-state index contributed by atoms with van der Waals surface area (Å²) in [5.74, 6) is 1.71. The molecule has 0 saturated heterocycles. The average molecular weight is 335 g/mol. The highest BCUT2D eigenvalue weighted by Gasteiger charge is 2.19. The molecule has 5 heteroatoms. The van der Waals surface area contributed by atoms with E-state index in [2.05, 4.69) is 15.3 Å². The summed E-state index contributed by atoms with van der Waals surface area (Å²) in [6.45, 7) is 1.40. The molecule has 0 radical (unpaired) electrons. The van der Waals surface area contributed by atoms with Gasteiger partial charge in [0.15, 0.2) is 0 Å². The molecular formula is C20H21N3O2. The third kappa shape index (κ3) is 3.42. The highest BCUT2D eigenvalue weighted by molar-refractivity contribution is 5.63. The van der Waals surface area contributed by atoms with Gasteiger partial charge in [-0.1, -0.05) is 6.07 Å². The lowest BCUT2D eigenvalue weighted by Gasteiger charge is -2.17. The molecule has 0 fully saturated rings. The molecule has 5 nitrogen and oxygen atoms in total. The topological polar surface area (TPSA) is 70.9 Å². The third-order valence-corrected chi connectivity index (χ3v) is 4.69. The summed E-state index contributed by atoms with van der Waals surface area (Å²) in [5.41, 5.74) is 4.29. The number of hydrogen-bond acceptors (Lipinski definition) is 4. The van der Waals surface area contributed by atoms with Crippen LogP contribution in [0.5, 0.6) is 0 Å². The quantitative estimate of drug-likeness (QED) is 0.751. The predicted octanol–water partition coefficient (Wildman–Crippen LogP) is 3.20. The molecule has 0 atom stereocenters. The Morgan fingerprint density at radius 3 is 2.84 bits per heavy atom. The molecule has 4 rings (SSSR count). The second kappa shape index (κ2) is 7.07. The van der Waals surface area contributed by atoms with Crippen LogP contribution in [0.3, 0.4) is 0 Å². The van der Waals surface area contributed by atoms with Crippen molar-refractivity contribution in [3.05, 3.63) is 75.7 Å². The summed E-state index contributed by atoms with van der Waals surface area (Å²) < 4.78 is 6.01. The standard InChI is InChI=1S/C20H21N3O2/c24-20-17-6-2-1-5-16(17)18(13-23-20)19-8-7-15(25-19)12-22-11-14-4-3-9-21-10-14/h3-4,7-10,13,22H,1-2,5-6,11-12H2,(H,23,24). The second-order valence-electron chi connectivity index (χ2n) is 6.43. The molecule has 25 heavy (non-hydrogen) atoms. The van der Waals surface area contributed by atoms with E-state index in [0.717, 1.165) is 66.0 Å². The zero-order chi connectivity index (χ0) is 17.1. The second-order valence-corrected chi connectivity index (χ2v) is 6.43. The fraction of sp³-hybridized carbons (Fsp3) is 0.300. The van der Waals surface area contributed by atoms with Crippen molar-refractivity contribution in [3.63, 3.8) is 0 Å². The van der Waals surface area contributed by atoms with Crippen LogP contribution in [-0.2, 0) is 25.9 Å². The van der Waals surface area contributed by atoms with Crippen LogP contribution < -0.4 is 10.9 Å². The van der Waals surface area contributed by atoms with E-state index < -0.39 is 0 Å². The first-order valence-corrected chi connectivity index (χ1v) is 8.73. The molecule has 3 aromatic rings. The van der Waals surface area contributed by atoms with Crippen molar-refractivity contribution in [1.82, 2.24) is 15.3 Å². The summed E-state index contributed by atoms with van der Waals surface area (Å²) in [6.07, 6.45) is 9.44. The zero-order valence-electron chi connectivity index (χ0n) is 14.0. The molecule has 3 aromatic heterocycles. The highest BCUT2D eigenvalue weighted by Crippen LogP contribution is 2.30. The Kier molecular flexibility index (Phi) is 4.48. The molecule has 0 saturated carbocycles. The number of nitrogens with one attached hydrogen (secondary N) is 2. The molecule has 3 heterocycles. The molecule has 0 amide bonds. The van der Waals surface area contributed by atoms with Gasteiger partial charge in [0.25, 0.3) is 5.56 Å². The summed E-state index contributed by atoms with van der Waals surface area (Å²) in [4.78, 5) is 19.0. The van der Waals surface area contributed by atoms with Gasteiger partial charge in [-0.15, -0.1) is 0 Å². The number of hydrogen-bond donors (Lipinski definition) is 2.